The van der Waals surface area contributed by atoms with Crippen LogP contribution in [0.5, 0.6) is 0 Å². The minimum atomic E-state index is -0.276. The Bertz CT molecular complexity index is 165. The van der Waals surface area contributed by atoms with Gasteiger partial charge in [-0.1, -0.05) is 19.8 Å². The summed E-state index contributed by atoms with van der Waals surface area (Å²) >= 11 is 2.05. The van der Waals surface area contributed by atoms with Crippen molar-refractivity contribution in [2.75, 3.05) is 12.4 Å². The number of hydrogen-bond donors (Lipinski definition) is 2. The fraction of sp³-hybridized carbons (Fsp3) is 1.00. The number of aliphatic hydroxyl groups is 1. The summed E-state index contributed by atoms with van der Waals surface area (Å²) in [6.45, 7) is 2.38. The average Bonchev–Trinajstić information content (AvgIpc) is 2.19. The third-order valence-corrected chi connectivity index (χ3v) is 4.40. The van der Waals surface area contributed by atoms with E-state index in [0.29, 0.717) is 5.25 Å². The van der Waals surface area contributed by atoms with E-state index in [-0.39, 0.29) is 12.1 Å². The topological polar surface area (TPSA) is 46.2 Å². The first-order valence-electron chi connectivity index (χ1n) is 5.71. The lowest BCUT2D eigenvalue weighted by Crippen LogP contribution is -2.48. The highest BCUT2D eigenvalue weighted by Gasteiger charge is 2.31. The fourth-order valence-electron chi connectivity index (χ4n) is 2.02. The third kappa shape index (κ3) is 3.79. The van der Waals surface area contributed by atoms with Gasteiger partial charge in [-0.25, -0.2) is 0 Å². The Morgan fingerprint density at radius 1 is 1.57 bits per heavy atom. The summed E-state index contributed by atoms with van der Waals surface area (Å²) < 4.78 is 0. The van der Waals surface area contributed by atoms with Crippen molar-refractivity contribution in [2.45, 2.75) is 56.2 Å². The Balaban J connectivity index is 2.25. The summed E-state index contributed by atoms with van der Waals surface area (Å²) in [6, 6.07) is 0. The van der Waals surface area contributed by atoms with Crippen LogP contribution in [0.25, 0.3) is 0 Å². The van der Waals surface area contributed by atoms with Gasteiger partial charge in [-0.05, 0) is 31.4 Å². The molecular formula is C11H23NOS. The largest absolute Gasteiger partial charge is 0.394 e. The standard InChI is InChI=1S/C11H23NOS/c1-2-3-7-14-10-5-4-6-11(12,8-10)9-13/h10,13H,2-9,12H2,1H3. The summed E-state index contributed by atoms with van der Waals surface area (Å²) in [6.07, 6.45) is 7.03. The molecule has 3 N–H and O–H groups in total. The Morgan fingerprint density at radius 2 is 2.36 bits per heavy atom. The molecule has 2 nitrogen and oxygen atoms in total. The molecular weight excluding hydrogens is 194 g/mol. The highest BCUT2D eigenvalue weighted by Crippen LogP contribution is 2.33. The fourth-order valence-corrected chi connectivity index (χ4v) is 3.59. The number of aliphatic hydroxyl groups excluding tert-OH is 1. The smallest absolute Gasteiger partial charge is 0.0611 e. The van der Waals surface area contributed by atoms with E-state index in [1.807, 2.05) is 11.8 Å². The van der Waals surface area contributed by atoms with E-state index in [1.54, 1.807) is 0 Å². The molecule has 1 rings (SSSR count). The summed E-state index contributed by atoms with van der Waals surface area (Å²) in [4.78, 5) is 0. The number of rotatable bonds is 5. The molecule has 0 heterocycles. The second-order valence-corrected chi connectivity index (χ2v) is 5.87. The van der Waals surface area contributed by atoms with Crippen molar-refractivity contribution >= 4 is 11.8 Å². The van der Waals surface area contributed by atoms with Gasteiger partial charge in [0, 0.05) is 10.8 Å². The molecule has 1 aliphatic rings. The van der Waals surface area contributed by atoms with Crippen LogP contribution in [0.15, 0.2) is 0 Å². The average molecular weight is 217 g/mol. The minimum Gasteiger partial charge on any atom is -0.394 e. The molecule has 1 fully saturated rings. The van der Waals surface area contributed by atoms with Gasteiger partial charge in [0.1, 0.15) is 0 Å². The maximum atomic E-state index is 9.21. The van der Waals surface area contributed by atoms with E-state index in [1.165, 1.54) is 31.4 Å². The summed E-state index contributed by atoms with van der Waals surface area (Å²) in [5.74, 6) is 1.25. The monoisotopic (exact) mass is 217 g/mol. The van der Waals surface area contributed by atoms with Gasteiger partial charge >= 0.3 is 0 Å². The molecule has 2 atom stereocenters. The van der Waals surface area contributed by atoms with Gasteiger partial charge in [-0.2, -0.15) is 11.8 Å². The maximum Gasteiger partial charge on any atom is 0.0611 e. The van der Waals surface area contributed by atoms with Crippen molar-refractivity contribution in [1.82, 2.24) is 0 Å². The second-order valence-electron chi connectivity index (χ2n) is 4.46. The molecule has 0 aliphatic heterocycles. The molecule has 3 heteroatoms. The van der Waals surface area contributed by atoms with Crippen molar-refractivity contribution in [1.29, 1.82) is 0 Å². The van der Waals surface area contributed by atoms with E-state index in [0.717, 1.165) is 12.8 Å². The zero-order chi connectivity index (χ0) is 10.4. The Kier molecular flexibility index (Phi) is 5.28. The zero-order valence-corrected chi connectivity index (χ0v) is 9.98. The molecule has 0 radical (unpaired) electrons. The number of unbranched alkanes of at least 4 members (excludes halogenated alkanes) is 1. The van der Waals surface area contributed by atoms with Gasteiger partial charge in [0.2, 0.25) is 0 Å². The van der Waals surface area contributed by atoms with Crippen molar-refractivity contribution in [3.05, 3.63) is 0 Å². The summed E-state index contributed by atoms with van der Waals surface area (Å²) in [5.41, 5.74) is 5.81. The first kappa shape index (κ1) is 12.3. The van der Waals surface area contributed by atoms with Crippen LogP contribution in [-0.4, -0.2) is 28.3 Å². The van der Waals surface area contributed by atoms with Gasteiger partial charge in [-0.3, -0.25) is 0 Å². The lowest BCUT2D eigenvalue weighted by molar-refractivity contribution is 0.159. The highest BCUT2D eigenvalue weighted by atomic mass is 32.2. The van der Waals surface area contributed by atoms with E-state index in [9.17, 15) is 5.11 Å². The molecule has 1 aliphatic carbocycles. The lowest BCUT2D eigenvalue weighted by Gasteiger charge is -2.36. The van der Waals surface area contributed by atoms with Crippen LogP contribution >= 0.6 is 11.8 Å². The van der Waals surface area contributed by atoms with Gasteiger partial charge in [-0.15, -0.1) is 0 Å². The number of hydrogen-bond acceptors (Lipinski definition) is 3. The van der Waals surface area contributed by atoms with Crippen LogP contribution in [0.4, 0.5) is 0 Å². The quantitative estimate of drug-likeness (QED) is 0.694. The molecule has 0 spiro atoms. The normalized spacial score (nSPS) is 33.2. The minimum absolute atomic E-state index is 0.151. The number of thioether (sulfide) groups is 1. The van der Waals surface area contributed by atoms with Crippen LogP contribution in [0.2, 0.25) is 0 Å². The van der Waals surface area contributed by atoms with Crippen LogP contribution < -0.4 is 5.73 Å². The first-order chi connectivity index (χ1) is 6.70. The maximum absolute atomic E-state index is 9.21. The van der Waals surface area contributed by atoms with Crippen LogP contribution in [0, 0.1) is 0 Å². The van der Waals surface area contributed by atoms with Gasteiger partial charge in [0.05, 0.1) is 6.61 Å². The molecule has 2 unspecified atom stereocenters. The summed E-state index contributed by atoms with van der Waals surface area (Å²) in [7, 11) is 0. The molecule has 1 saturated carbocycles. The molecule has 0 aromatic rings. The van der Waals surface area contributed by atoms with Crippen molar-refractivity contribution in [3.63, 3.8) is 0 Å². The van der Waals surface area contributed by atoms with Crippen LogP contribution in [0.3, 0.4) is 0 Å². The Hall–Kier alpha value is 0.270. The van der Waals surface area contributed by atoms with Crippen LogP contribution in [-0.2, 0) is 0 Å². The Labute approximate surface area is 91.6 Å². The molecule has 0 saturated heterocycles. The predicted octanol–water partition coefficient (Wildman–Crippen LogP) is 2.15. The van der Waals surface area contributed by atoms with Crippen molar-refractivity contribution in [2.24, 2.45) is 5.73 Å². The van der Waals surface area contributed by atoms with Crippen LogP contribution in [0.1, 0.15) is 45.4 Å². The van der Waals surface area contributed by atoms with Crippen molar-refractivity contribution in [3.8, 4) is 0 Å². The summed E-state index contributed by atoms with van der Waals surface area (Å²) in [5, 5.41) is 9.89. The SMILES string of the molecule is CCCCSC1CCCC(N)(CO)C1. The lowest BCUT2D eigenvalue weighted by atomic mass is 9.83. The third-order valence-electron chi connectivity index (χ3n) is 3.00. The van der Waals surface area contributed by atoms with Gasteiger partial charge in [0.15, 0.2) is 0 Å². The predicted molar refractivity (Wildman–Crippen MR) is 63.6 cm³/mol. The molecule has 0 bridgehead atoms. The number of nitrogens with two attached hydrogens (primary N) is 1. The van der Waals surface area contributed by atoms with E-state index in [4.69, 9.17) is 5.73 Å². The van der Waals surface area contributed by atoms with Crippen molar-refractivity contribution < 1.29 is 5.11 Å². The molecule has 14 heavy (non-hydrogen) atoms. The molecule has 84 valence electrons. The molecule has 0 aromatic carbocycles. The zero-order valence-electron chi connectivity index (χ0n) is 9.17. The van der Waals surface area contributed by atoms with E-state index < -0.39 is 0 Å². The molecule has 0 aromatic heterocycles. The van der Waals surface area contributed by atoms with Gasteiger partial charge < -0.3 is 10.8 Å². The molecule has 0 amide bonds. The van der Waals surface area contributed by atoms with E-state index >= 15 is 0 Å². The Morgan fingerprint density at radius 3 is 3.00 bits per heavy atom. The highest BCUT2D eigenvalue weighted by molar-refractivity contribution is 7.99. The second kappa shape index (κ2) is 5.99. The van der Waals surface area contributed by atoms with Gasteiger partial charge in [0.25, 0.3) is 0 Å². The van der Waals surface area contributed by atoms with E-state index in [2.05, 4.69) is 6.92 Å². The first-order valence-corrected chi connectivity index (χ1v) is 6.76.